The monoisotopic (exact) mass is 641 g/mol. The second-order valence-electron chi connectivity index (χ2n) is 14.1. The van der Waals surface area contributed by atoms with Crippen LogP contribution in [0, 0.1) is 11.8 Å². The summed E-state index contributed by atoms with van der Waals surface area (Å²) in [5.74, 6) is 1.20. The van der Waals surface area contributed by atoms with Crippen molar-refractivity contribution in [2.24, 2.45) is 11.8 Å². The quantitative estimate of drug-likeness (QED) is 0.201. The van der Waals surface area contributed by atoms with Crippen LogP contribution in [-0.4, -0.2) is 74.2 Å². The van der Waals surface area contributed by atoms with Gasteiger partial charge in [0.25, 0.3) is 11.8 Å². The molecule has 0 radical (unpaired) electrons. The highest BCUT2D eigenvalue weighted by Crippen LogP contribution is 2.49. The Bertz CT molecular complexity index is 1500. The number of amides is 2. The Balaban J connectivity index is 1.33. The van der Waals surface area contributed by atoms with Gasteiger partial charge in [0.2, 0.25) is 0 Å². The zero-order chi connectivity index (χ0) is 32.4. The number of piperidine rings is 1. The van der Waals surface area contributed by atoms with Gasteiger partial charge in [0.15, 0.2) is 6.29 Å². The molecule has 1 aromatic heterocycles. The number of carbonyl (C=O) groups is 2. The van der Waals surface area contributed by atoms with E-state index in [1.165, 1.54) is 32.4 Å². The Morgan fingerprint density at radius 3 is 2.24 bits per heavy atom. The number of thiophene rings is 1. The number of carbonyl (C=O) groups excluding carboxylic acids is 2. The predicted molar refractivity (Wildman–Crippen MR) is 192 cm³/mol. The molecule has 2 amide bonds. The molecule has 3 aromatic rings. The largest absolute Gasteiger partial charge is 0.339 e. The Labute approximate surface area is 279 Å². The zero-order valence-electron chi connectivity index (χ0n) is 28.4. The van der Waals surface area contributed by atoms with Crippen LogP contribution in [0.2, 0.25) is 0 Å². The minimum Gasteiger partial charge on any atom is -0.339 e. The van der Waals surface area contributed by atoms with Crippen molar-refractivity contribution in [2.75, 3.05) is 61.0 Å². The van der Waals surface area contributed by atoms with Gasteiger partial charge in [0.1, 0.15) is 4.88 Å². The lowest BCUT2D eigenvalue weighted by atomic mass is 10.1. The number of hydrogen-bond donors (Lipinski definition) is 0. The SMILES string of the molecule is CC(C)CCN(CCC(C)C)C(=O)c1ccc2c(c1)N(CCCN1CCCCC1)C1N(C)c3cc(-c4ccccc4)sc3C(=O)N21. The number of hydrogen-bond acceptors (Lipinski definition) is 6. The normalized spacial score (nSPS) is 17.9. The summed E-state index contributed by atoms with van der Waals surface area (Å²) in [5, 5.41) is 0. The summed E-state index contributed by atoms with van der Waals surface area (Å²) < 4.78 is 0. The number of likely N-dealkylation sites (tertiary alicyclic amines) is 1. The van der Waals surface area contributed by atoms with E-state index < -0.39 is 0 Å². The highest BCUT2D eigenvalue weighted by Gasteiger charge is 2.47. The van der Waals surface area contributed by atoms with Crippen molar-refractivity contribution >= 4 is 40.2 Å². The molecule has 246 valence electrons. The van der Waals surface area contributed by atoms with Crippen molar-refractivity contribution in [1.82, 2.24) is 9.80 Å². The van der Waals surface area contributed by atoms with Gasteiger partial charge >= 0.3 is 0 Å². The van der Waals surface area contributed by atoms with Gasteiger partial charge in [-0.25, -0.2) is 0 Å². The van der Waals surface area contributed by atoms with Crippen molar-refractivity contribution < 1.29 is 9.59 Å². The van der Waals surface area contributed by atoms with Crippen molar-refractivity contribution in [1.29, 1.82) is 0 Å². The van der Waals surface area contributed by atoms with Crippen LogP contribution in [0.5, 0.6) is 0 Å². The zero-order valence-corrected chi connectivity index (χ0v) is 29.2. The van der Waals surface area contributed by atoms with E-state index in [0.29, 0.717) is 17.4 Å². The number of fused-ring (bicyclic) bond motifs is 4. The van der Waals surface area contributed by atoms with E-state index in [0.717, 1.165) is 77.8 Å². The summed E-state index contributed by atoms with van der Waals surface area (Å²) in [7, 11) is 2.11. The molecular weight excluding hydrogens is 591 g/mol. The second kappa shape index (κ2) is 14.2. The van der Waals surface area contributed by atoms with Crippen molar-refractivity contribution in [3.05, 3.63) is 65.0 Å². The van der Waals surface area contributed by atoms with E-state index in [-0.39, 0.29) is 18.1 Å². The predicted octanol–water partition coefficient (Wildman–Crippen LogP) is 8.03. The lowest BCUT2D eigenvalue weighted by Gasteiger charge is -2.42. The second-order valence-corrected chi connectivity index (χ2v) is 15.2. The fourth-order valence-corrected chi connectivity index (χ4v) is 8.20. The van der Waals surface area contributed by atoms with Gasteiger partial charge in [-0.15, -0.1) is 11.3 Å². The van der Waals surface area contributed by atoms with Gasteiger partial charge in [-0.1, -0.05) is 64.4 Å². The maximum atomic E-state index is 14.3. The molecule has 6 rings (SSSR count). The third-order valence-corrected chi connectivity index (χ3v) is 10.9. The minimum atomic E-state index is -0.266. The fraction of sp³-hybridized carbons (Fsp3) is 0.526. The first-order valence-corrected chi connectivity index (χ1v) is 18.2. The molecule has 1 saturated heterocycles. The van der Waals surface area contributed by atoms with Crippen LogP contribution in [-0.2, 0) is 0 Å². The smallest absolute Gasteiger partial charge is 0.273 e. The lowest BCUT2D eigenvalue weighted by molar-refractivity contribution is 0.0740. The van der Waals surface area contributed by atoms with E-state index in [1.54, 1.807) is 11.3 Å². The Morgan fingerprint density at radius 1 is 0.870 bits per heavy atom. The number of benzene rings is 2. The molecular formula is C38H51N5O2S. The van der Waals surface area contributed by atoms with E-state index in [1.807, 2.05) is 40.1 Å². The van der Waals surface area contributed by atoms with E-state index in [4.69, 9.17) is 0 Å². The molecule has 1 unspecified atom stereocenters. The van der Waals surface area contributed by atoms with Crippen molar-refractivity contribution in [3.8, 4) is 10.4 Å². The number of anilines is 3. The van der Waals surface area contributed by atoms with Crippen molar-refractivity contribution in [3.63, 3.8) is 0 Å². The lowest BCUT2D eigenvalue weighted by Crippen LogP contribution is -2.59. The average Bonchev–Trinajstić information content (AvgIpc) is 3.65. The standard InChI is InChI=1S/C38H51N5O2S/c1-27(2)17-23-41(24-18-28(3)4)36(44)30-15-16-31-32(25-30)42(22-12-21-40-19-10-7-11-20-40)38-39(5)33-26-34(29-13-8-6-9-14-29)46-35(33)37(45)43(31)38/h6,8-9,13-16,25-28,38H,7,10-12,17-24H2,1-5H3. The summed E-state index contributed by atoms with van der Waals surface area (Å²) in [6.07, 6.45) is 6.60. The van der Waals surface area contributed by atoms with E-state index in [9.17, 15) is 9.59 Å². The molecule has 3 aliphatic rings. The van der Waals surface area contributed by atoms with E-state index >= 15 is 0 Å². The van der Waals surface area contributed by atoms with Crippen molar-refractivity contribution in [2.45, 2.75) is 72.5 Å². The first kappa shape index (κ1) is 32.6. The summed E-state index contributed by atoms with van der Waals surface area (Å²) in [5.41, 5.74) is 4.70. The maximum absolute atomic E-state index is 14.3. The van der Waals surface area contributed by atoms with Crippen LogP contribution < -0.4 is 14.7 Å². The molecule has 4 heterocycles. The first-order chi connectivity index (χ1) is 22.2. The fourth-order valence-electron chi connectivity index (χ4n) is 7.06. The van der Waals surface area contributed by atoms with Gasteiger partial charge in [-0.05, 0) is 93.4 Å². The summed E-state index contributed by atoms with van der Waals surface area (Å²) >= 11 is 1.57. The van der Waals surface area contributed by atoms with Crippen LogP contribution in [0.3, 0.4) is 0 Å². The van der Waals surface area contributed by atoms with E-state index in [2.05, 4.69) is 73.7 Å². The van der Waals surface area contributed by atoms with Gasteiger partial charge in [0, 0.05) is 37.1 Å². The molecule has 7 nitrogen and oxygen atoms in total. The van der Waals surface area contributed by atoms with Gasteiger partial charge in [-0.2, -0.15) is 0 Å². The Morgan fingerprint density at radius 2 is 1.57 bits per heavy atom. The van der Waals surface area contributed by atoms with Gasteiger partial charge in [0.05, 0.1) is 17.1 Å². The highest BCUT2D eigenvalue weighted by molar-refractivity contribution is 7.18. The van der Waals surface area contributed by atoms with Crippen LogP contribution in [0.15, 0.2) is 54.6 Å². The average molecular weight is 642 g/mol. The molecule has 2 aromatic carbocycles. The molecule has 8 heteroatoms. The Kier molecular flexibility index (Phi) is 10.0. The molecule has 0 spiro atoms. The molecule has 0 N–H and O–H groups in total. The molecule has 1 fully saturated rings. The van der Waals surface area contributed by atoms with Crippen LogP contribution >= 0.6 is 11.3 Å². The maximum Gasteiger partial charge on any atom is 0.273 e. The molecule has 46 heavy (non-hydrogen) atoms. The molecule has 3 aliphatic heterocycles. The Hall–Kier alpha value is -3.36. The first-order valence-electron chi connectivity index (χ1n) is 17.4. The molecule has 0 aliphatic carbocycles. The molecule has 0 bridgehead atoms. The molecule has 1 atom stereocenters. The number of nitrogens with zero attached hydrogens (tertiary/aromatic N) is 5. The van der Waals surface area contributed by atoms with Gasteiger partial charge < -0.3 is 19.6 Å². The molecule has 0 saturated carbocycles. The summed E-state index contributed by atoms with van der Waals surface area (Å²) in [6, 6.07) is 18.5. The van der Waals surface area contributed by atoms with Crippen LogP contribution in [0.25, 0.3) is 10.4 Å². The van der Waals surface area contributed by atoms with Crippen LogP contribution in [0.4, 0.5) is 17.1 Å². The number of rotatable bonds is 12. The topological polar surface area (TPSA) is 50.3 Å². The summed E-state index contributed by atoms with van der Waals surface area (Å²) in [4.78, 5) is 41.5. The van der Waals surface area contributed by atoms with Crippen LogP contribution in [0.1, 0.15) is 86.2 Å². The third kappa shape index (κ3) is 6.70. The van der Waals surface area contributed by atoms with Gasteiger partial charge in [-0.3, -0.25) is 14.5 Å². The summed E-state index contributed by atoms with van der Waals surface area (Å²) in [6.45, 7) is 14.6. The minimum absolute atomic E-state index is 0.0413. The third-order valence-electron chi connectivity index (χ3n) is 9.77. The highest BCUT2D eigenvalue weighted by atomic mass is 32.1.